The van der Waals surface area contributed by atoms with E-state index in [0.29, 0.717) is 6.61 Å². The van der Waals surface area contributed by atoms with Crippen molar-refractivity contribution >= 4 is 17.1 Å². The molecule has 0 spiro atoms. The first kappa shape index (κ1) is 9.61. The molecule has 0 N–H and O–H groups in total. The van der Waals surface area contributed by atoms with Crippen molar-refractivity contribution in [3.63, 3.8) is 0 Å². The van der Waals surface area contributed by atoms with Crippen molar-refractivity contribution in [2.24, 2.45) is 0 Å². The van der Waals surface area contributed by atoms with E-state index in [4.69, 9.17) is 4.18 Å². The first-order valence-corrected chi connectivity index (χ1v) is 5.61. The van der Waals surface area contributed by atoms with Gasteiger partial charge in [-0.15, -0.1) is 0 Å². The maximum atomic E-state index is 11.5. The summed E-state index contributed by atoms with van der Waals surface area (Å²) < 4.78 is 18.3. The van der Waals surface area contributed by atoms with Crippen LogP contribution in [-0.2, 0) is 15.4 Å². The zero-order chi connectivity index (χ0) is 9.97. The molecule has 0 amide bonds. The van der Waals surface area contributed by atoms with Crippen molar-refractivity contribution in [3.8, 4) is 0 Å². The standard InChI is InChI=1S/C9H12N2O2S/c1-2-8-7-13-14(12)11(8)9-5-3-4-6-10-9/h3-6,8H,2,7H2,1H3/t8-,14?/m1/s1. The second-order valence-electron chi connectivity index (χ2n) is 3.08. The Kier molecular flexibility index (Phi) is 2.79. The van der Waals surface area contributed by atoms with Gasteiger partial charge in [-0.2, -0.15) is 0 Å². The van der Waals surface area contributed by atoms with Crippen LogP contribution in [0.1, 0.15) is 13.3 Å². The summed E-state index contributed by atoms with van der Waals surface area (Å²) in [5.41, 5.74) is 0. The van der Waals surface area contributed by atoms with Gasteiger partial charge in [0.1, 0.15) is 5.82 Å². The second-order valence-corrected chi connectivity index (χ2v) is 4.14. The SMILES string of the molecule is CC[C@@H]1COS(=O)N1c1ccccn1. The van der Waals surface area contributed by atoms with Crippen LogP contribution >= 0.6 is 0 Å². The minimum atomic E-state index is -1.37. The number of hydrogen-bond acceptors (Lipinski definition) is 3. The monoisotopic (exact) mass is 212 g/mol. The fourth-order valence-corrected chi connectivity index (χ4v) is 2.52. The molecule has 0 radical (unpaired) electrons. The van der Waals surface area contributed by atoms with Crippen molar-refractivity contribution in [1.82, 2.24) is 4.98 Å². The number of pyridine rings is 1. The number of nitrogens with zero attached hydrogens (tertiary/aromatic N) is 2. The Morgan fingerprint density at radius 2 is 2.57 bits per heavy atom. The van der Waals surface area contributed by atoms with E-state index in [1.165, 1.54) is 0 Å². The number of hydrogen-bond donors (Lipinski definition) is 0. The number of rotatable bonds is 2. The molecule has 5 heteroatoms. The summed E-state index contributed by atoms with van der Waals surface area (Å²) in [6.45, 7) is 2.56. The highest BCUT2D eigenvalue weighted by atomic mass is 32.2. The Hall–Kier alpha value is -0.940. The Balaban J connectivity index is 2.28. The molecule has 0 saturated carbocycles. The third-order valence-corrected chi connectivity index (χ3v) is 3.34. The molecule has 1 aliphatic rings. The molecule has 2 heterocycles. The van der Waals surface area contributed by atoms with Crippen LogP contribution in [0, 0.1) is 0 Å². The lowest BCUT2D eigenvalue weighted by Gasteiger charge is -2.19. The average molecular weight is 212 g/mol. The van der Waals surface area contributed by atoms with Gasteiger partial charge in [0.2, 0.25) is 0 Å². The predicted molar refractivity (Wildman–Crippen MR) is 54.9 cm³/mol. The van der Waals surface area contributed by atoms with E-state index >= 15 is 0 Å². The van der Waals surface area contributed by atoms with Gasteiger partial charge >= 0.3 is 0 Å². The Labute approximate surface area is 85.7 Å². The van der Waals surface area contributed by atoms with Crippen molar-refractivity contribution in [1.29, 1.82) is 0 Å². The Bertz CT molecular complexity index is 331. The van der Waals surface area contributed by atoms with Gasteiger partial charge in [-0.3, -0.25) is 4.18 Å². The first-order valence-electron chi connectivity index (χ1n) is 4.58. The molecule has 2 atom stereocenters. The van der Waals surface area contributed by atoms with E-state index < -0.39 is 11.3 Å². The molecule has 1 aliphatic heterocycles. The normalized spacial score (nSPS) is 26.8. The summed E-state index contributed by atoms with van der Waals surface area (Å²) in [6.07, 6.45) is 2.60. The molecule has 0 aliphatic carbocycles. The molecule has 1 unspecified atom stereocenters. The zero-order valence-corrected chi connectivity index (χ0v) is 8.74. The molecule has 14 heavy (non-hydrogen) atoms. The second kappa shape index (κ2) is 4.06. The van der Waals surface area contributed by atoms with Crippen LogP contribution in [0.3, 0.4) is 0 Å². The minimum Gasteiger partial charge on any atom is -0.271 e. The van der Waals surface area contributed by atoms with Gasteiger partial charge in [0.15, 0.2) is 0 Å². The third kappa shape index (κ3) is 1.65. The fraction of sp³-hybridized carbons (Fsp3) is 0.444. The lowest BCUT2D eigenvalue weighted by molar-refractivity contribution is 0.355. The van der Waals surface area contributed by atoms with E-state index in [2.05, 4.69) is 4.98 Å². The van der Waals surface area contributed by atoms with Gasteiger partial charge in [0.05, 0.1) is 12.6 Å². The first-order chi connectivity index (χ1) is 6.83. The summed E-state index contributed by atoms with van der Waals surface area (Å²) >= 11 is -1.37. The number of anilines is 1. The summed E-state index contributed by atoms with van der Waals surface area (Å²) in [5, 5.41) is 0. The van der Waals surface area contributed by atoms with Crippen molar-refractivity contribution in [2.75, 3.05) is 10.9 Å². The van der Waals surface area contributed by atoms with Crippen molar-refractivity contribution in [3.05, 3.63) is 24.4 Å². The summed E-state index contributed by atoms with van der Waals surface area (Å²) in [6, 6.07) is 5.73. The highest BCUT2D eigenvalue weighted by molar-refractivity contribution is 7.82. The smallest absolute Gasteiger partial charge is 0.266 e. The molecule has 1 fully saturated rings. The lowest BCUT2D eigenvalue weighted by Crippen LogP contribution is -2.31. The van der Waals surface area contributed by atoms with E-state index in [1.54, 1.807) is 10.5 Å². The van der Waals surface area contributed by atoms with Gasteiger partial charge in [-0.25, -0.2) is 13.5 Å². The maximum Gasteiger partial charge on any atom is 0.266 e. The Morgan fingerprint density at radius 3 is 3.21 bits per heavy atom. The summed E-state index contributed by atoms with van der Waals surface area (Å²) in [7, 11) is 0. The molecule has 1 aromatic rings. The molecule has 4 nitrogen and oxygen atoms in total. The topological polar surface area (TPSA) is 42.4 Å². The molecule has 0 bridgehead atoms. The van der Waals surface area contributed by atoms with Gasteiger partial charge in [0, 0.05) is 6.20 Å². The fourth-order valence-electron chi connectivity index (χ4n) is 1.41. The molecule has 76 valence electrons. The van der Waals surface area contributed by atoms with E-state index in [9.17, 15) is 4.21 Å². The average Bonchev–Trinajstić information content (AvgIpc) is 2.61. The molecule has 1 saturated heterocycles. The molecular formula is C9H12N2O2S. The largest absolute Gasteiger partial charge is 0.271 e. The van der Waals surface area contributed by atoms with Gasteiger partial charge in [-0.05, 0) is 18.6 Å². The molecular weight excluding hydrogens is 200 g/mol. The van der Waals surface area contributed by atoms with Gasteiger partial charge in [0.25, 0.3) is 11.3 Å². The minimum absolute atomic E-state index is 0.172. The number of aromatic nitrogens is 1. The van der Waals surface area contributed by atoms with E-state index in [-0.39, 0.29) is 6.04 Å². The van der Waals surface area contributed by atoms with Crippen LogP contribution in [0.25, 0.3) is 0 Å². The molecule has 1 aromatic heterocycles. The molecule has 0 aromatic carbocycles. The van der Waals surface area contributed by atoms with Crippen LogP contribution in [-0.4, -0.2) is 21.8 Å². The van der Waals surface area contributed by atoms with Crippen LogP contribution in [0.4, 0.5) is 5.82 Å². The lowest BCUT2D eigenvalue weighted by atomic mass is 10.2. The predicted octanol–water partition coefficient (Wildman–Crippen LogP) is 1.28. The van der Waals surface area contributed by atoms with Crippen LogP contribution in [0.5, 0.6) is 0 Å². The highest BCUT2D eigenvalue weighted by Gasteiger charge is 2.32. The summed E-state index contributed by atoms with van der Waals surface area (Å²) in [4.78, 5) is 4.16. The van der Waals surface area contributed by atoms with E-state index in [0.717, 1.165) is 12.2 Å². The van der Waals surface area contributed by atoms with Gasteiger partial charge < -0.3 is 0 Å². The Morgan fingerprint density at radius 1 is 1.71 bits per heavy atom. The third-order valence-electron chi connectivity index (χ3n) is 2.20. The van der Waals surface area contributed by atoms with Gasteiger partial charge in [-0.1, -0.05) is 13.0 Å². The van der Waals surface area contributed by atoms with E-state index in [1.807, 2.05) is 25.1 Å². The molecule has 2 rings (SSSR count). The summed E-state index contributed by atoms with van der Waals surface area (Å²) in [5.74, 6) is 0.718. The zero-order valence-electron chi connectivity index (χ0n) is 7.92. The van der Waals surface area contributed by atoms with Crippen molar-refractivity contribution < 1.29 is 8.39 Å². The van der Waals surface area contributed by atoms with Crippen LogP contribution < -0.4 is 4.31 Å². The quantitative estimate of drug-likeness (QED) is 0.741. The maximum absolute atomic E-state index is 11.5. The van der Waals surface area contributed by atoms with Crippen LogP contribution in [0.2, 0.25) is 0 Å². The van der Waals surface area contributed by atoms with Crippen molar-refractivity contribution in [2.45, 2.75) is 19.4 Å². The van der Waals surface area contributed by atoms with Crippen LogP contribution in [0.15, 0.2) is 24.4 Å². The highest BCUT2D eigenvalue weighted by Crippen LogP contribution is 2.23.